The van der Waals surface area contributed by atoms with E-state index in [1.807, 2.05) is 19.9 Å². The van der Waals surface area contributed by atoms with Gasteiger partial charge in [0.25, 0.3) is 0 Å². The molecule has 2 heterocycles. The van der Waals surface area contributed by atoms with E-state index in [1.54, 1.807) is 11.3 Å². The first-order valence-corrected chi connectivity index (χ1v) is 6.82. The monoisotopic (exact) mass is 253 g/mol. The molecule has 94 valence electrons. The predicted molar refractivity (Wildman–Crippen MR) is 70.0 cm³/mol. The molecule has 1 aromatic heterocycles. The van der Waals surface area contributed by atoms with Gasteiger partial charge in [0, 0.05) is 28.4 Å². The molecular weight excluding hydrogens is 234 g/mol. The lowest BCUT2D eigenvalue weighted by molar-refractivity contribution is -0.0158. The average molecular weight is 253 g/mol. The summed E-state index contributed by atoms with van der Waals surface area (Å²) >= 11 is 1.70. The van der Waals surface area contributed by atoms with Gasteiger partial charge in [0.15, 0.2) is 5.78 Å². The number of carbonyl (C=O) groups excluding carboxylic acids is 1. The van der Waals surface area contributed by atoms with Crippen molar-refractivity contribution in [2.24, 2.45) is 0 Å². The molecule has 0 aromatic carbocycles. The fraction of sp³-hybridized carbons (Fsp3) is 0.615. The molecule has 1 aliphatic rings. The Bertz CT molecular complexity index is 414. The van der Waals surface area contributed by atoms with Crippen LogP contribution >= 0.6 is 11.3 Å². The van der Waals surface area contributed by atoms with Crippen molar-refractivity contribution in [3.05, 3.63) is 21.4 Å². The summed E-state index contributed by atoms with van der Waals surface area (Å²) in [5, 5.41) is 0. The maximum Gasteiger partial charge on any atom is 0.177 e. The van der Waals surface area contributed by atoms with E-state index in [2.05, 4.69) is 11.8 Å². The van der Waals surface area contributed by atoms with E-state index in [1.165, 1.54) is 4.88 Å². The number of hydrogen-bond donors (Lipinski definition) is 0. The van der Waals surface area contributed by atoms with Crippen LogP contribution in [0.4, 0.5) is 0 Å². The molecule has 3 nitrogen and oxygen atoms in total. The molecule has 1 atom stereocenters. The van der Waals surface area contributed by atoms with Crippen LogP contribution in [0.5, 0.6) is 0 Å². The minimum Gasteiger partial charge on any atom is -0.376 e. The first kappa shape index (κ1) is 12.7. The van der Waals surface area contributed by atoms with Crippen LogP contribution in [0.1, 0.15) is 27.0 Å². The minimum absolute atomic E-state index is 0.237. The second-order valence-electron chi connectivity index (χ2n) is 4.67. The third-order valence-corrected chi connectivity index (χ3v) is 4.00. The zero-order chi connectivity index (χ0) is 12.4. The van der Waals surface area contributed by atoms with Gasteiger partial charge in [-0.3, -0.25) is 9.69 Å². The highest BCUT2D eigenvalue weighted by Crippen LogP contribution is 2.21. The van der Waals surface area contributed by atoms with E-state index in [-0.39, 0.29) is 11.9 Å². The molecule has 0 bridgehead atoms. The van der Waals surface area contributed by atoms with E-state index in [4.69, 9.17) is 4.74 Å². The molecule has 4 heteroatoms. The molecule has 0 aliphatic carbocycles. The lowest BCUT2D eigenvalue weighted by Crippen LogP contribution is -2.43. The van der Waals surface area contributed by atoms with Gasteiger partial charge in [-0.25, -0.2) is 0 Å². The van der Waals surface area contributed by atoms with Crippen LogP contribution in [-0.2, 0) is 4.74 Å². The standard InChI is InChI=1S/C13H19NO2S/c1-9-7-14(4-5-16-9)8-13(15)12-6-10(2)17-11(12)3/h6,9H,4-5,7-8H2,1-3H3. The second kappa shape index (κ2) is 5.29. The number of aryl methyl sites for hydroxylation is 2. The maximum absolute atomic E-state index is 12.2. The van der Waals surface area contributed by atoms with E-state index < -0.39 is 0 Å². The normalized spacial score (nSPS) is 21.7. The molecule has 1 aliphatic heterocycles. The number of hydrogen-bond acceptors (Lipinski definition) is 4. The molecule has 0 spiro atoms. The van der Waals surface area contributed by atoms with Crippen LogP contribution in [0.15, 0.2) is 6.07 Å². The van der Waals surface area contributed by atoms with E-state index in [0.29, 0.717) is 6.54 Å². The van der Waals surface area contributed by atoms with Gasteiger partial charge in [-0.2, -0.15) is 0 Å². The zero-order valence-electron chi connectivity index (χ0n) is 10.7. The van der Waals surface area contributed by atoms with Gasteiger partial charge in [-0.05, 0) is 26.8 Å². The van der Waals surface area contributed by atoms with Crippen LogP contribution in [0.3, 0.4) is 0 Å². The summed E-state index contributed by atoms with van der Waals surface area (Å²) in [7, 11) is 0. The zero-order valence-corrected chi connectivity index (χ0v) is 11.5. The van der Waals surface area contributed by atoms with Gasteiger partial charge in [0.2, 0.25) is 0 Å². The Labute approximate surface area is 106 Å². The SMILES string of the molecule is Cc1cc(C(=O)CN2CCOC(C)C2)c(C)s1. The Hall–Kier alpha value is -0.710. The summed E-state index contributed by atoms with van der Waals surface area (Å²) in [6, 6.07) is 2.01. The second-order valence-corrected chi connectivity index (χ2v) is 6.13. The van der Waals surface area contributed by atoms with Crippen LogP contribution in [0, 0.1) is 13.8 Å². The van der Waals surface area contributed by atoms with Crippen molar-refractivity contribution in [3.8, 4) is 0 Å². The molecule has 17 heavy (non-hydrogen) atoms. The van der Waals surface area contributed by atoms with Crippen LogP contribution in [0.2, 0.25) is 0 Å². The van der Waals surface area contributed by atoms with Crippen molar-refractivity contribution in [2.75, 3.05) is 26.2 Å². The Morgan fingerprint density at radius 2 is 2.35 bits per heavy atom. The van der Waals surface area contributed by atoms with Crippen LogP contribution in [0.25, 0.3) is 0 Å². The van der Waals surface area contributed by atoms with Gasteiger partial charge in [-0.15, -0.1) is 11.3 Å². The van der Waals surface area contributed by atoms with Crippen molar-refractivity contribution in [2.45, 2.75) is 26.9 Å². The third kappa shape index (κ3) is 3.15. The van der Waals surface area contributed by atoms with Crippen LogP contribution < -0.4 is 0 Å². The van der Waals surface area contributed by atoms with Gasteiger partial charge >= 0.3 is 0 Å². The van der Waals surface area contributed by atoms with Crippen LogP contribution in [-0.4, -0.2) is 43.0 Å². The number of thiophene rings is 1. The fourth-order valence-corrected chi connectivity index (χ4v) is 3.17. The number of ketones is 1. The van der Waals surface area contributed by atoms with Crippen molar-refractivity contribution in [3.63, 3.8) is 0 Å². The molecule has 1 unspecified atom stereocenters. The highest BCUT2D eigenvalue weighted by atomic mass is 32.1. The Morgan fingerprint density at radius 3 is 2.94 bits per heavy atom. The van der Waals surface area contributed by atoms with Crippen molar-refractivity contribution < 1.29 is 9.53 Å². The molecule has 2 rings (SSSR count). The van der Waals surface area contributed by atoms with Gasteiger partial charge in [0.05, 0.1) is 19.3 Å². The lowest BCUT2D eigenvalue weighted by Gasteiger charge is -2.30. The largest absolute Gasteiger partial charge is 0.376 e. The summed E-state index contributed by atoms with van der Waals surface area (Å²) in [6.45, 7) is 9.09. The van der Waals surface area contributed by atoms with E-state index in [0.717, 1.165) is 30.1 Å². The number of rotatable bonds is 3. The molecule has 1 fully saturated rings. The lowest BCUT2D eigenvalue weighted by atomic mass is 10.1. The molecule has 0 saturated carbocycles. The van der Waals surface area contributed by atoms with Gasteiger partial charge in [0.1, 0.15) is 0 Å². The Morgan fingerprint density at radius 1 is 1.59 bits per heavy atom. The Kier molecular flexibility index (Phi) is 3.97. The number of carbonyl (C=O) groups is 1. The highest BCUT2D eigenvalue weighted by Gasteiger charge is 2.20. The third-order valence-electron chi connectivity index (χ3n) is 3.03. The first-order chi connectivity index (χ1) is 8.06. The quantitative estimate of drug-likeness (QED) is 0.774. The first-order valence-electron chi connectivity index (χ1n) is 6.00. The summed E-state index contributed by atoms with van der Waals surface area (Å²) < 4.78 is 5.47. The summed E-state index contributed by atoms with van der Waals surface area (Å²) in [6.07, 6.45) is 0.238. The molecule has 1 aromatic rings. The Balaban J connectivity index is 1.99. The topological polar surface area (TPSA) is 29.5 Å². The van der Waals surface area contributed by atoms with E-state index in [9.17, 15) is 4.79 Å². The minimum atomic E-state index is 0.237. The summed E-state index contributed by atoms with van der Waals surface area (Å²) in [4.78, 5) is 16.7. The highest BCUT2D eigenvalue weighted by molar-refractivity contribution is 7.12. The molecule has 1 saturated heterocycles. The summed E-state index contributed by atoms with van der Waals surface area (Å²) in [5.41, 5.74) is 0.895. The number of Topliss-reactive ketones (excluding diaryl/α,β-unsaturated/α-hetero) is 1. The van der Waals surface area contributed by atoms with Gasteiger partial charge in [-0.1, -0.05) is 0 Å². The number of nitrogens with zero attached hydrogens (tertiary/aromatic N) is 1. The van der Waals surface area contributed by atoms with E-state index >= 15 is 0 Å². The molecule has 0 N–H and O–H groups in total. The van der Waals surface area contributed by atoms with Gasteiger partial charge < -0.3 is 4.74 Å². The fourth-order valence-electron chi connectivity index (χ4n) is 2.23. The number of morpholine rings is 1. The van der Waals surface area contributed by atoms with Crippen molar-refractivity contribution >= 4 is 17.1 Å². The van der Waals surface area contributed by atoms with Crippen molar-refractivity contribution in [1.82, 2.24) is 4.90 Å². The molecular formula is C13H19NO2S. The predicted octanol–water partition coefficient (Wildman–Crippen LogP) is 2.27. The maximum atomic E-state index is 12.2. The summed E-state index contributed by atoms with van der Waals surface area (Å²) in [5.74, 6) is 0.237. The molecule has 0 amide bonds. The van der Waals surface area contributed by atoms with Crippen molar-refractivity contribution in [1.29, 1.82) is 0 Å². The smallest absolute Gasteiger partial charge is 0.177 e. The number of ether oxygens (including phenoxy) is 1. The average Bonchev–Trinajstić information content (AvgIpc) is 2.58. The molecule has 0 radical (unpaired) electrons.